The van der Waals surface area contributed by atoms with Gasteiger partial charge in [-0.05, 0) is 32.1 Å². The third kappa shape index (κ3) is 3.95. The SMILES string of the molecule is COc1cc(C(CC=C(C)C)OC(C)=O)c(O)c2c1C(=O)C=CC2(OC)OC. The molecule has 7 nitrogen and oxygen atoms in total. The van der Waals surface area contributed by atoms with Crippen molar-refractivity contribution in [2.45, 2.75) is 39.1 Å². The minimum Gasteiger partial charge on any atom is -0.507 e. The number of hydrogen-bond acceptors (Lipinski definition) is 7. The molecule has 1 aromatic rings. The molecule has 0 bridgehead atoms. The van der Waals surface area contributed by atoms with Crippen LogP contribution in [0.2, 0.25) is 0 Å². The van der Waals surface area contributed by atoms with Crippen LogP contribution in [0.4, 0.5) is 0 Å². The van der Waals surface area contributed by atoms with Crippen molar-refractivity contribution < 1.29 is 33.6 Å². The van der Waals surface area contributed by atoms with Crippen LogP contribution in [0.3, 0.4) is 0 Å². The van der Waals surface area contributed by atoms with Crippen LogP contribution in [0, 0.1) is 0 Å². The Morgan fingerprint density at radius 1 is 1.21 bits per heavy atom. The number of ether oxygens (including phenoxy) is 4. The monoisotopic (exact) mass is 390 g/mol. The Morgan fingerprint density at radius 3 is 2.36 bits per heavy atom. The van der Waals surface area contributed by atoms with Gasteiger partial charge in [0.1, 0.15) is 17.6 Å². The number of fused-ring (bicyclic) bond motifs is 1. The zero-order chi connectivity index (χ0) is 21.1. The zero-order valence-corrected chi connectivity index (χ0v) is 17.0. The summed E-state index contributed by atoms with van der Waals surface area (Å²) in [5, 5.41) is 11.1. The minimum absolute atomic E-state index is 0.119. The highest BCUT2D eigenvalue weighted by molar-refractivity contribution is 6.10. The molecule has 0 aliphatic heterocycles. The predicted octanol–water partition coefficient (Wildman–Crippen LogP) is 3.56. The van der Waals surface area contributed by atoms with Crippen LogP contribution in [0.25, 0.3) is 0 Å². The number of phenols is 1. The van der Waals surface area contributed by atoms with Gasteiger partial charge in [-0.2, -0.15) is 0 Å². The molecule has 1 unspecified atom stereocenters. The fourth-order valence-electron chi connectivity index (χ4n) is 3.22. The summed E-state index contributed by atoms with van der Waals surface area (Å²) in [5.74, 6) is -2.35. The van der Waals surface area contributed by atoms with Gasteiger partial charge in [-0.25, -0.2) is 0 Å². The van der Waals surface area contributed by atoms with E-state index in [0.717, 1.165) is 5.57 Å². The van der Waals surface area contributed by atoms with E-state index in [2.05, 4.69) is 0 Å². The highest BCUT2D eigenvalue weighted by atomic mass is 16.7. The first-order chi connectivity index (χ1) is 13.2. The van der Waals surface area contributed by atoms with Gasteiger partial charge in [-0.1, -0.05) is 11.6 Å². The van der Waals surface area contributed by atoms with Gasteiger partial charge in [-0.3, -0.25) is 9.59 Å². The maximum atomic E-state index is 12.5. The fourth-order valence-corrected chi connectivity index (χ4v) is 3.22. The van der Waals surface area contributed by atoms with Crippen LogP contribution < -0.4 is 4.74 Å². The van der Waals surface area contributed by atoms with E-state index in [4.69, 9.17) is 18.9 Å². The second kappa shape index (κ2) is 8.58. The van der Waals surface area contributed by atoms with Crippen molar-refractivity contribution in [3.8, 4) is 11.5 Å². The van der Waals surface area contributed by atoms with Gasteiger partial charge in [0, 0.05) is 33.1 Å². The molecule has 0 amide bonds. The summed E-state index contributed by atoms with van der Waals surface area (Å²) in [5.41, 5.74) is 1.58. The lowest BCUT2D eigenvalue weighted by atomic mass is 9.85. The largest absolute Gasteiger partial charge is 0.507 e. The lowest BCUT2D eigenvalue weighted by Gasteiger charge is -2.34. The lowest BCUT2D eigenvalue weighted by molar-refractivity contribution is -0.179. The standard InChI is InChI=1S/C21H26O7/c1-12(2)7-8-16(28-13(3)22)14-11-17(25-4)18-15(23)9-10-21(26-5,27-6)19(18)20(14)24/h7,9-11,16,24H,8H2,1-6H3. The van der Waals surface area contributed by atoms with E-state index in [1.807, 2.05) is 19.9 Å². The average Bonchev–Trinajstić information content (AvgIpc) is 2.66. The first kappa shape index (κ1) is 21.7. The minimum atomic E-state index is -1.48. The highest BCUT2D eigenvalue weighted by Crippen LogP contribution is 2.48. The van der Waals surface area contributed by atoms with Crippen LogP contribution in [-0.2, 0) is 24.8 Å². The third-order valence-electron chi connectivity index (χ3n) is 4.56. The summed E-state index contributed by atoms with van der Waals surface area (Å²) in [6.07, 6.45) is 4.19. The van der Waals surface area contributed by atoms with Crippen LogP contribution >= 0.6 is 0 Å². The number of rotatable bonds is 7. The van der Waals surface area contributed by atoms with Crippen LogP contribution in [0.1, 0.15) is 54.8 Å². The number of ketones is 1. The Morgan fingerprint density at radius 2 is 1.86 bits per heavy atom. The zero-order valence-electron chi connectivity index (χ0n) is 17.0. The van der Waals surface area contributed by atoms with Crippen LogP contribution in [0.5, 0.6) is 11.5 Å². The molecule has 0 radical (unpaired) electrons. The van der Waals surface area contributed by atoms with E-state index in [0.29, 0.717) is 12.0 Å². The predicted molar refractivity (Wildman–Crippen MR) is 102 cm³/mol. The molecule has 1 aliphatic carbocycles. The lowest BCUT2D eigenvalue weighted by Crippen LogP contribution is -2.34. The second-order valence-corrected chi connectivity index (χ2v) is 6.66. The Kier molecular flexibility index (Phi) is 6.64. The summed E-state index contributed by atoms with van der Waals surface area (Å²) >= 11 is 0. The Labute approximate surface area is 164 Å². The molecule has 0 fully saturated rings. The highest BCUT2D eigenvalue weighted by Gasteiger charge is 2.43. The van der Waals surface area contributed by atoms with E-state index < -0.39 is 17.9 Å². The Hall–Kier alpha value is -2.64. The summed E-state index contributed by atoms with van der Waals surface area (Å²) in [4.78, 5) is 24.2. The van der Waals surface area contributed by atoms with Gasteiger partial charge in [0.25, 0.3) is 0 Å². The van der Waals surface area contributed by atoms with Crippen molar-refractivity contribution in [2.24, 2.45) is 0 Å². The maximum absolute atomic E-state index is 12.5. The van der Waals surface area contributed by atoms with Crippen LogP contribution in [0.15, 0.2) is 29.9 Å². The smallest absolute Gasteiger partial charge is 0.303 e. The first-order valence-electron chi connectivity index (χ1n) is 8.79. The molecule has 1 aromatic carbocycles. The number of benzene rings is 1. The molecule has 0 spiro atoms. The normalized spacial score (nSPS) is 15.6. The maximum Gasteiger partial charge on any atom is 0.303 e. The molecule has 7 heteroatoms. The van der Waals surface area contributed by atoms with Crippen molar-refractivity contribution in [3.63, 3.8) is 0 Å². The van der Waals surface area contributed by atoms with E-state index in [1.54, 1.807) is 0 Å². The number of carbonyl (C=O) groups excluding carboxylic acids is 2. The summed E-state index contributed by atoms with van der Waals surface area (Å²) in [6.45, 7) is 5.13. The van der Waals surface area contributed by atoms with E-state index in [1.165, 1.54) is 46.5 Å². The third-order valence-corrected chi connectivity index (χ3v) is 4.56. The molecule has 1 N–H and O–H groups in total. The molecular weight excluding hydrogens is 364 g/mol. The van der Waals surface area contributed by atoms with Crippen LogP contribution in [-0.4, -0.2) is 38.2 Å². The van der Waals surface area contributed by atoms with Gasteiger partial charge in [0.2, 0.25) is 5.79 Å². The van der Waals surface area contributed by atoms with Crippen molar-refractivity contribution in [3.05, 3.63) is 46.6 Å². The quantitative estimate of drug-likeness (QED) is 0.432. The van der Waals surface area contributed by atoms with Gasteiger partial charge in [0.15, 0.2) is 5.78 Å². The van der Waals surface area contributed by atoms with Crippen molar-refractivity contribution in [1.29, 1.82) is 0 Å². The van der Waals surface area contributed by atoms with Crippen molar-refractivity contribution >= 4 is 11.8 Å². The van der Waals surface area contributed by atoms with E-state index >= 15 is 0 Å². The number of hydrogen-bond donors (Lipinski definition) is 1. The molecule has 28 heavy (non-hydrogen) atoms. The molecule has 1 atom stereocenters. The number of phenolic OH excluding ortho intramolecular Hbond substituents is 1. The Balaban J connectivity index is 2.79. The van der Waals surface area contributed by atoms with Crippen molar-refractivity contribution in [2.75, 3.05) is 21.3 Å². The molecule has 0 saturated carbocycles. The fraction of sp³-hybridized carbons (Fsp3) is 0.429. The number of carbonyl (C=O) groups is 2. The first-order valence-corrected chi connectivity index (χ1v) is 8.79. The number of aromatic hydroxyl groups is 1. The van der Waals surface area contributed by atoms with Gasteiger partial charge in [0.05, 0.1) is 18.2 Å². The van der Waals surface area contributed by atoms with Gasteiger partial charge in [-0.15, -0.1) is 0 Å². The Bertz CT molecular complexity index is 828. The summed E-state index contributed by atoms with van der Waals surface area (Å²) in [6, 6.07) is 1.51. The molecule has 0 heterocycles. The topological polar surface area (TPSA) is 91.3 Å². The molecule has 152 valence electrons. The molecule has 0 aromatic heterocycles. The summed E-state index contributed by atoms with van der Waals surface area (Å²) in [7, 11) is 4.22. The van der Waals surface area contributed by atoms with E-state index in [9.17, 15) is 14.7 Å². The molecule has 1 aliphatic rings. The number of methoxy groups -OCH3 is 3. The van der Waals surface area contributed by atoms with E-state index in [-0.39, 0.29) is 28.4 Å². The average molecular weight is 390 g/mol. The van der Waals surface area contributed by atoms with Crippen molar-refractivity contribution in [1.82, 2.24) is 0 Å². The van der Waals surface area contributed by atoms with Gasteiger partial charge < -0.3 is 24.1 Å². The van der Waals surface area contributed by atoms with Gasteiger partial charge >= 0.3 is 5.97 Å². The number of allylic oxidation sites excluding steroid dienone is 2. The molecule has 2 rings (SSSR count). The second-order valence-electron chi connectivity index (χ2n) is 6.66. The molecule has 0 saturated heterocycles. The summed E-state index contributed by atoms with van der Waals surface area (Å²) < 4.78 is 21.8. The number of esters is 1. The molecular formula is C21H26O7.